The van der Waals surface area contributed by atoms with Crippen LogP contribution in [0.25, 0.3) is 10.9 Å². The standard InChI is InChI=1S/C12H9F3N2O3/c1-6-4-10(11(18)17-19)16-9-3-2-7(5-8(6)9)20-12(13,14)15/h2-5,19H,1H3,(H,17,18). The number of hydrogen-bond acceptors (Lipinski definition) is 4. The van der Waals surface area contributed by atoms with Crippen molar-refractivity contribution in [3.05, 3.63) is 35.5 Å². The predicted molar refractivity (Wildman–Crippen MR) is 62.4 cm³/mol. The lowest BCUT2D eigenvalue weighted by Crippen LogP contribution is -2.20. The van der Waals surface area contributed by atoms with E-state index in [1.165, 1.54) is 23.7 Å². The third-order valence-electron chi connectivity index (χ3n) is 2.55. The molecule has 1 heterocycles. The third kappa shape index (κ3) is 2.97. The monoisotopic (exact) mass is 286 g/mol. The van der Waals surface area contributed by atoms with Gasteiger partial charge in [-0.3, -0.25) is 10.0 Å². The summed E-state index contributed by atoms with van der Waals surface area (Å²) >= 11 is 0. The molecule has 0 fully saturated rings. The number of rotatable bonds is 2. The molecule has 0 radical (unpaired) electrons. The van der Waals surface area contributed by atoms with Crippen molar-refractivity contribution in [1.82, 2.24) is 10.5 Å². The molecule has 0 saturated carbocycles. The van der Waals surface area contributed by atoms with Crippen LogP contribution in [0, 0.1) is 6.92 Å². The van der Waals surface area contributed by atoms with Gasteiger partial charge in [-0.15, -0.1) is 13.2 Å². The molecule has 0 aliphatic rings. The van der Waals surface area contributed by atoms with Gasteiger partial charge < -0.3 is 4.74 Å². The van der Waals surface area contributed by atoms with Gasteiger partial charge in [0.1, 0.15) is 11.4 Å². The van der Waals surface area contributed by atoms with Crippen LogP contribution in [0.15, 0.2) is 24.3 Å². The number of nitrogens with one attached hydrogen (secondary N) is 1. The minimum Gasteiger partial charge on any atom is -0.406 e. The molecular formula is C12H9F3N2O3. The fraction of sp³-hybridized carbons (Fsp3) is 0.167. The lowest BCUT2D eigenvalue weighted by Gasteiger charge is -2.10. The van der Waals surface area contributed by atoms with Gasteiger partial charge in [0.05, 0.1) is 5.52 Å². The summed E-state index contributed by atoms with van der Waals surface area (Å²) in [6, 6.07) is 4.94. The molecule has 2 N–H and O–H groups in total. The van der Waals surface area contributed by atoms with E-state index >= 15 is 0 Å². The molecule has 0 aliphatic carbocycles. The summed E-state index contributed by atoms with van der Waals surface area (Å²) in [4.78, 5) is 15.2. The van der Waals surface area contributed by atoms with Crippen LogP contribution in [0.1, 0.15) is 16.1 Å². The average Bonchev–Trinajstić information content (AvgIpc) is 2.36. The number of aryl methyl sites for hydroxylation is 1. The summed E-state index contributed by atoms with van der Waals surface area (Å²) in [5.74, 6) is -1.17. The molecule has 20 heavy (non-hydrogen) atoms. The molecule has 8 heteroatoms. The zero-order chi connectivity index (χ0) is 14.9. The Bertz CT molecular complexity index is 671. The van der Waals surface area contributed by atoms with Gasteiger partial charge in [-0.25, -0.2) is 10.5 Å². The van der Waals surface area contributed by atoms with E-state index in [-0.39, 0.29) is 11.4 Å². The Morgan fingerprint density at radius 3 is 2.65 bits per heavy atom. The van der Waals surface area contributed by atoms with Crippen LogP contribution < -0.4 is 10.2 Å². The maximum Gasteiger partial charge on any atom is 0.573 e. The smallest absolute Gasteiger partial charge is 0.406 e. The number of hydroxylamine groups is 1. The first-order valence-electron chi connectivity index (χ1n) is 5.42. The van der Waals surface area contributed by atoms with Gasteiger partial charge in [0.15, 0.2) is 0 Å². The molecule has 0 unspecified atom stereocenters. The number of fused-ring (bicyclic) bond motifs is 1. The van der Waals surface area contributed by atoms with Crippen LogP contribution >= 0.6 is 0 Å². The molecule has 2 aromatic rings. The number of benzene rings is 1. The van der Waals surface area contributed by atoms with Crippen LogP contribution in [0.4, 0.5) is 13.2 Å². The number of carbonyl (C=O) groups is 1. The summed E-state index contributed by atoms with van der Waals surface area (Å²) < 4.78 is 40.2. The minimum absolute atomic E-state index is 0.0398. The van der Waals surface area contributed by atoms with E-state index in [2.05, 4.69) is 9.72 Å². The highest BCUT2D eigenvalue weighted by molar-refractivity contribution is 5.95. The van der Waals surface area contributed by atoms with Crippen LogP contribution in [-0.2, 0) is 0 Å². The van der Waals surface area contributed by atoms with Gasteiger partial charge in [-0.2, -0.15) is 0 Å². The Kier molecular flexibility index (Phi) is 3.49. The highest BCUT2D eigenvalue weighted by Crippen LogP contribution is 2.27. The molecule has 1 aromatic heterocycles. The number of nitrogens with zero attached hydrogens (tertiary/aromatic N) is 1. The van der Waals surface area contributed by atoms with Crippen LogP contribution in [0.3, 0.4) is 0 Å². The number of aromatic nitrogens is 1. The van der Waals surface area contributed by atoms with E-state index in [0.717, 1.165) is 6.07 Å². The van der Waals surface area contributed by atoms with E-state index in [4.69, 9.17) is 5.21 Å². The molecule has 0 bridgehead atoms. The maximum absolute atomic E-state index is 12.1. The Balaban J connectivity index is 2.49. The first kappa shape index (κ1) is 14.1. The first-order chi connectivity index (χ1) is 9.30. The molecule has 0 spiro atoms. The predicted octanol–water partition coefficient (Wildman–Crippen LogP) is 2.56. The Morgan fingerprint density at radius 1 is 1.35 bits per heavy atom. The Hall–Kier alpha value is -2.35. The van der Waals surface area contributed by atoms with Crippen molar-refractivity contribution in [2.45, 2.75) is 13.3 Å². The minimum atomic E-state index is -4.77. The van der Waals surface area contributed by atoms with Crippen molar-refractivity contribution in [3.8, 4) is 5.75 Å². The number of ether oxygens (including phenoxy) is 1. The zero-order valence-electron chi connectivity index (χ0n) is 10.2. The quantitative estimate of drug-likeness (QED) is 0.657. The number of halogens is 3. The topological polar surface area (TPSA) is 71.5 Å². The van der Waals surface area contributed by atoms with E-state index < -0.39 is 12.3 Å². The lowest BCUT2D eigenvalue weighted by molar-refractivity contribution is -0.274. The zero-order valence-corrected chi connectivity index (χ0v) is 10.2. The van der Waals surface area contributed by atoms with Crippen molar-refractivity contribution in [2.75, 3.05) is 0 Å². The molecule has 0 saturated heterocycles. The molecule has 1 amide bonds. The van der Waals surface area contributed by atoms with Gasteiger partial charge in [-0.1, -0.05) is 0 Å². The van der Waals surface area contributed by atoms with E-state index in [1.54, 1.807) is 6.92 Å². The second-order valence-electron chi connectivity index (χ2n) is 3.99. The van der Waals surface area contributed by atoms with Gasteiger partial charge in [0.2, 0.25) is 0 Å². The van der Waals surface area contributed by atoms with E-state index in [9.17, 15) is 18.0 Å². The normalized spacial score (nSPS) is 11.4. The van der Waals surface area contributed by atoms with Crippen molar-refractivity contribution < 1.29 is 27.9 Å². The first-order valence-corrected chi connectivity index (χ1v) is 5.42. The number of pyridine rings is 1. The van der Waals surface area contributed by atoms with Crippen LogP contribution in [0.5, 0.6) is 5.75 Å². The molecule has 0 atom stereocenters. The molecule has 106 valence electrons. The molecule has 1 aromatic carbocycles. The van der Waals surface area contributed by atoms with Gasteiger partial charge >= 0.3 is 6.36 Å². The second-order valence-corrected chi connectivity index (χ2v) is 3.99. The van der Waals surface area contributed by atoms with Crippen molar-refractivity contribution in [3.63, 3.8) is 0 Å². The SMILES string of the molecule is Cc1cc(C(=O)NO)nc2ccc(OC(F)(F)F)cc12. The highest BCUT2D eigenvalue weighted by Gasteiger charge is 2.31. The van der Waals surface area contributed by atoms with Crippen LogP contribution in [-0.4, -0.2) is 22.5 Å². The van der Waals surface area contributed by atoms with E-state index in [0.29, 0.717) is 16.5 Å². The Morgan fingerprint density at radius 2 is 2.05 bits per heavy atom. The van der Waals surface area contributed by atoms with Crippen LogP contribution in [0.2, 0.25) is 0 Å². The summed E-state index contributed by atoms with van der Waals surface area (Å²) in [7, 11) is 0. The molecule has 5 nitrogen and oxygen atoms in total. The molecular weight excluding hydrogens is 277 g/mol. The second kappa shape index (κ2) is 4.97. The number of hydrogen-bond donors (Lipinski definition) is 2. The van der Waals surface area contributed by atoms with Gasteiger partial charge in [0, 0.05) is 5.39 Å². The summed E-state index contributed by atoms with van der Waals surface area (Å²) in [5, 5.41) is 8.96. The molecule has 0 aliphatic heterocycles. The maximum atomic E-state index is 12.1. The number of alkyl halides is 3. The van der Waals surface area contributed by atoms with Gasteiger partial charge in [0.25, 0.3) is 5.91 Å². The van der Waals surface area contributed by atoms with Crippen molar-refractivity contribution >= 4 is 16.8 Å². The van der Waals surface area contributed by atoms with E-state index in [1.807, 2.05) is 0 Å². The van der Waals surface area contributed by atoms with Crippen molar-refractivity contribution in [1.29, 1.82) is 0 Å². The average molecular weight is 286 g/mol. The van der Waals surface area contributed by atoms with Crippen molar-refractivity contribution in [2.24, 2.45) is 0 Å². The summed E-state index contributed by atoms with van der Waals surface area (Å²) in [6.07, 6.45) is -4.77. The Labute approximate surface area is 110 Å². The summed E-state index contributed by atoms with van der Waals surface area (Å²) in [6.45, 7) is 1.61. The fourth-order valence-electron chi connectivity index (χ4n) is 1.74. The lowest BCUT2D eigenvalue weighted by atomic mass is 10.1. The van der Waals surface area contributed by atoms with Gasteiger partial charge in [-0.05, 0) is 36.8 Å². The number of amides is 1. The molecule has 2 rings (SSSR count). The summed E-state index contributed by atoms with van der Waals surface area (Å²) in [5.41, 5.74) is 2.25. The highest BCUT2D eigenvalue weighted by atomic mass is 19.4. The largest absolute Gasteiger partial charge is 0.573 e. The third-order valence-corrected chi connectivity index (χ3v) is 2.55. The fourth-order valence-corrected chi connectivity index (χ4v) is 1.74. The number of carbonyl (C=O) groups excluding carboxylic acids is 1.